The van der Waals surface area contributed by atoms with Gasteiger partial charge >= 0.3 is 0 Å². The van der Waals surface area contributed by atoms with Crippen molar-refractivity contribution in [3.05, 3.63) is 0 Å². The Bertz CT molecular complexity index is 74.2. The highest BCUT2D eigenvalue weighted by Gasteiger charge is 1.66. The number of nitrogens with one attached hydrogen (secondary N) is 1. The maximum atomic E-state index is 6.27. The number of hydrogen-bond donors (Lipinski definition) is 1. The van der Waals surface area contributed by atoms with Gasteiger partial charge in [0.15, 0.2) is 0 Å². The highest BCUT2D eigenvalue weighted by atomic mass is 35.5. The van der Waals surface area contributed by atoms with Crippen LogP contribution in [0, 0.1) is 5.41 Å². The average molecular weight is 122 g/mol. The summed E-state index contributed by atoms with van der Waals surface area (Å²) in [5, 5.41) is 11.2. The summed E-state index contributed by atoms with van der Waals surface area (Å²) in [5.74, 6) is 0. The van der Waals surface area contributed by atoms with Crippen molar-refractivity contribution in [2.24, 2.45) is 5.10 Å². The van der Waals surface area contributed by atoms with Gasteiger partial charge in [0, 0.05) is 14.1 Å². The van der Waals surface area contributed by atoms with Gasteiger partial charge in [-0.1, -0.05) is 0 Å². The van der Waals surface area contributed by atoms with Gasteiger partial charge in [-0.3, -0.25) is 5.01 Å². The topological polar surface area (TPSA) is 39.5 Å². The van der Waals surface area contributed by atoms with Crippen molar-refractivity contribution >= 4 is 18.4 Å². The molecule has 0 bridgehead atoms. The summed E-state index contributed by atoms with van der Waals surface area (Å²) >= 11 is 0. The lowest BCUT2D eigenvalue weighted by Crippen LogP contribution is -1.99. The van der Waals surface area contributed by atoms with Gasteiger partial charge in [0.2, 0.25) is 0 Å². The number of rotatable bonds is 1. The smallest absolute Gasteiger partial charge is 0.111 e. The first-order valence-electron chi connectivity index (χ1n) is 1.57. The predicted octanol–water partition coefficient (Wildman–Crippen LogP) is 0.637. The van der Waals surface area contributed by atoms with E-state index < -0.39 is 0 Å². The Labute approximate surface area is 48.9 Å². The second-order valence-corrected chi connectivity index (χ2v) is 1.06. The van der Waals surface area contributed by atoms with Crippen LogP contribution in [-0.2, 0) is 0 Å². The number of hydrogen-bond acceptors (Lipinski definition) is 3. The first kappa shape index (κ1) is 9.69. The first-order chi connectivity index (χ1) is 2.77. The molecule has 0 saturated carbocycles. The van der Waals surface area contributed by atoms with Crippen LogP contribution in [0.5, 0.6) is 0 Å². The largest absolute Gasteiger partial charge is 0.294 e. The maximum absolute atomic E-state index is 6.27. The summed E-state index contributed by atoms with van der Waals surface area (Å²) in [6, 6.07) is 1.87. The minimum absolute atomic E-state index is 0. The fourth-order valence-electron chi connectivity index (χ4n) is 0.100. The summed E-state index contributed by atoms with van der Waals surface area (Å²) in [6.07, 6.45) is 0. The minimum atomic E-state index is 0. The molecule has 1 N–H and O–H groups in total. The quantitative estimate of drug-likeness (QED) is 0.401. The molecule has 4 heteroatoms. The molecule has 0 unspecified atom stereocenters. The Kier molecular flexibility index (Phi) is 7.57. The first-order valence-corrected chi connectivity index (χ1v) is 1.57. The highest BCUT2D eigenvalue weighted by Crippen LogP contribution is 1.64. The molecule has 0 aromatic heterocycles. The molecular formula is C3H8ClN3. The molecule has 0 aliphatic rings. The fourth-order valence-corrected chi connectivity index (χ4v) is 0.100. The van der Waals surface area contributed by atoms with Gasteiger partial charge < -0.3 is 0 Å². The fraction of sp³-hybridized carbons (Fsp3) is 0.667. The van der Waals surface area contributed by atoms with E-state index in [1.54, 1.807) is 14.1 Å². The third-order valence-corrected chi connectivity index (χ3v) is 0.250. The Balaban J connectivity index is 0. The van der Waals surface area contributed by atoms with Crippen molar-refractivity contribution in [1.29, 1.82) is 5.41 Å². The lowest BCUT2D eigenvalue weighted by Gasteiger charge is -1.95. The van der Waals surface area contributed by atoms with E-state index in [4.69, 9.17) is 5.41 Å². The zero-order chi connectivity index (χ0) is 4.99. The van der Waals surface area contributed by atoms with E-state index in [1.165, 1.54) is 5.01 Å². The van der Waals surface area contributed by atoms with Crippen LogP contribution in [0.25, 0.3) is 0 Å². The molecule has 0 fully saturated rings. The summed E-state index contributed by atoms with van der Waals surface area (Å²) in [4.78, 5) is 0. The summed E-state index contributed by atoms with van der Waals surface area (Å²) in [6.45, 7) is 0. The van der Waals surface area contributed by atoms with E-state index in [0.29, 0.717) is 0 Å². The van der Waals surface area contributed by atoms with Crippen molar-refractivity contribution < 1.29 is 0 Å². The summed E-state index contributed by atoms with van der Waals surface area (Å²) in [5.41, 5.74) is 0. The van der Waals surface area contributed by atoms with Gasteiger partial charge in [0.1, 0.15) is 6.01 Å². The van der Waals surface area contributed by atoms with Gasteiger partial charge in [0.25, 0.3) is 0 Å². The zero-order valence-corrected chi connectivity index (χ0v) is 5.12. The lowest BCUT2D eigenvalue weighted by molar-refractivity contribution is 0.440. The van der Waals surface area contributed by atoms with Crippen LogP contribution in [-0.4, -0.2) is 25.1 Å². The maximum Gasteiger partial charge on any atom is 0.111 e. The normalized spacial score (nSPS) is 5.43. The second kappa shape index (κ2) is 5.47. The van der Waals surface area contributed by atoms with Crippen molar-refractivity contribution in [3.8, 4) is 0 Å². The van der Waals surface area contributed by atoms with Gasteiger partial charge in [0.05, 0.1) is 0 Å². The molecule has 0 rings (SSSR count). The third kappa shape index (κ3) is 10.8. The molecule has 0 amide bonds. The van der Waals surface area contributed by atoms with Crippen molar-refractivity contribution in [1.82, 2.24) is 5.01 Å². The highest BCUT2D eigenvalue weighted by molar-refractivity contribution is 5.85. The zero-order valence-electron chi connectivity index (χ0n) is 4.30. The Morgan fingerprint density at radius 2 is 2.00 bits per heavy atom. The summed E-state index contributed by atoms with van der Waals surface area (Å²) in [7, 11) is 3.48. The number of nitrogens with zero attached hydrogens (tertiary/aromatic N) is 2. The molecule has 42 valence electrons. The van der Waals surface area contributed by atoms with Crippen LogP contribution >= 0.6 is 12.4 Å². The van der Waals surface area contributed by atoms with E-state index in [9.17, 15) is 0 Å². The second-order valence-electron chi connectivity index (χ2n) is 1.06. The van der Waals surface area contributed by atoms with E-state index in [0.717, 1.165) is 0 Å². The van der Waals surface area contributed by atoms with Crippen LogP contribution in [0.15, 0.2) is 5.10 Å². The molecular weight excluding hydrogens is 114 g/mol. The standard InChI is InChI=1S/C3H7N3.ClH/c1-6(2)5-3-4;/h4H,1-2H3;1H. The number of hydrazone groups is 1. The molecule has 0 aromatic rings. The minimum Gasteiger partial charge on any atom is -0.294 e. The molecule has 0 aromatic carbocycles. The van der Waals surface area contributed by atoms with Gasteiger partial charge in [-0.25, -0.2) is 5.41 Å². The van der Waals surface area contributed by atoms with E-state index in [1.807, 2.05) is 6.01 Å². The SMILES string of the molecule is CN(C)N=C=N.Cl. The monoisotopic (exact) mass is 121 g/mol. The van der Waals surface area contributed by atoms with Crippen molar-refractivity contribution in [3.63, 3.8) is 0 Å². The molecule has 0 heterocycles. The third-order valence-electron chi connectivity index (χ3n) is 0.250. The van der Waals surface area contributed by atoms with Crippen LogP contribution in [0.3, 0.4) is 0 Å². The van der Waals surface area contributed by atoms with Crippen LogP contribution in [0.1, 0.15) is 0 Å². The van der Waals surface area contributed by atoms with Crippen LogP contribution < -0.4 is 0 Å². The molecule has 0 spiro atoms. The Morgan fingerprint density at radius 1 is 1.57 bits per heavy atom. The van der Waals surface area contributed by atoms with Gasteiger partial charge in [-0.2, -0.15) is 0 Å². The Morgan fingerprint density at radius 3 is 2.00 bits per heavy atom. The van der Waals surface area contributed by atoms with Crippen LogP contribution in [0.4, 0.5) is 0 Å². The Hall–Kier alpha value is -0.530. The molecule has 0 radical (unpaired) electrons. The average Bonchev–Trinajstić information content (AvgIpc) is 1.35. The molecule has 0 atom stereocenters. The van der Waals surface area contributed by atoms with E-state index in [-0.39, 0.29) is 12.4 Å². The molecule has 0 aliphatic carbocycles. The van der Waals surface area contributed by atoms with Gasteiger partial charge in [-0.05, 0) is 0 Å². The van der Waals surface area contributed by atoms with Crippen molar-refractivity contribution in [2.75, 3.05) is 14.1 Å². The molecule has 7 heavy (non-hydrogen) atoms. The number of halogens is 1. The molecule has 0 saturated heterocycles. The van der Waals surface area contributed by atoms with Gasteiger partial charge in [-0.15, -0.1) is 17.5 Å². The van der Waals surface area contributed by atoms with E-state index >= 15 is 0 Å². The molecule has 0 aliphatic heterocycles. The lowest BCUT2D eigenvalue weighted by atomic mass is 11.2. The molecule has 3 nitrogen and oxygen atoms in total. The van der Waals surface area contributed by atoms with Crippen molar-refractivity contribution in [2.45, 2.75) is 0 Å². The van der Waals surface area contributed by atoms with E-state index in [2.05, 4.69) is 5.10 Å². The summed E-state index contributed by atoms with van der Waals surface area (Å²) < 4.78 is 0. The predicted molar refractivity (Wildman–Crippen MR) is 31.1 cm³/mol. The van der Waals surface area contributed by atoms with Crippen LogP contribution in [0.2, 0.25) is 0 Å².